The van der Waals surface area contributed by atoms with Gasteiger partial charge in [-0.25, -0.2) is 0 Å². The SMILES string of the molecule is [B]C([B])(N)CC(C)(C)O. The molecule has 0 amide bonds. The number of aliphatic hydroxyl groups is 1. The van der Waals surface area contributed by atoms with E-state index in [1.807, 2.05) is 0 Å². The van der Waals surface area contributed by atoms with E-state index in [-0.39, 0.29) is 6.42 Å². The van der Waals surface area contributed by atoms with E-state index < -0.39 is 10.9 Å². The second-order valence-corrected chi connectivity index (χ2v) is 3.10. The fraction of sp³-hybridized carbons (Fsp3) is 1.00. The molecule has 48 valence electrons. The molecule has 0 aromatic heterocycles. The van der Waals surface area contributed by atoms with Crippen LogP contribution in [-0.2, 0) is 0 Å². The molecule has 2 nitrogen and oxygen atoms in total. The van der Waals surface area contributed by atoms with Crippen molar-refractivity contribution in [2.75, 3.05) is 0 Å². The van der Waals surface area contributed by atoms with Gasteiger partial charge in [0.25, 0.3) is 0 Å². The summed E-state index contributed by atoms with van der Waals surface area (Å²) in [5.41, 5.74) is 4.33. The molecule has 0 aromatic carbocycles. The monoisotopic (exact) mass is 123 g/mol. The molecular formula is C5H11B2NO. The lowest BCUT2D eigenvalue weighted by atomic mass is 9.58. The third-order valence-corrected chi connectivity index (χ3v) is 0.739. The average molecular weight is 123 g/mol. The van der Waals surface area contributed by atoms with Gasteiger partial charge < -0.3 is 10.8 Å². The van der Waals surface area contributed by atoms with Crippen molar-refractivity contribution in [1.29, 1.82) is 0 Å². The first-order chi connectivity index (χ1) is 3.71. The van der Waals surface area contributed by atoms with Gasteiger partial charge in [0.1, 0.15) is 0 Å². The molecule has 0 aliphatic rings. The van der Waals surface area contributed by atoms with E-state index in [4.69, 9.17) is 26.5 Å². The van der Waals surface area contributed by atoms with Gasteiger partial charge in [0, 0.05) is 0 Å². The number of hydrogen-bond donors (Lipinski definition) is 2. The quantitative estimate of drug-likeness (QED) is 0.467. The van der Waals surface area contributed by atoms with Crippen LogP contribution in [0.15, 0.2) is 0 Å². The Hall–Kier alpha value is 0.0499. The zero-order chi connectivity index (χ0) is 7.71. The average Bonchev–Trinajstić information content (AvgIpc) is 1.14. The molecule has 0 spiro atoms. The molecule has 4 radical (unpaired) electrons. The van der Waals surface area contributed by atoms with E-state index in [1.54, 1.807) is 13.8 Å². The van der Waals surface area contributed by atoms with Gasteiger partial charge in [0.2, 0.25) is 0 Å². The van der Waals surface area contributed by atoms with Gasteiger partial charge in [-0.3, -0.25) is 0 Å². The summed E-state index contributed by atoms with van der Waals surface area (Å²) in [6.07, 6.45) is 0.181. The van der Waals surface area contributed by atoms with Gasteiger partial charge in [-0.15, -0.1) is 0 Å². The Morgan fingerprint density at radius 1 is 1.44 bits per heavy atom. The molecule has 0 aliphatic heterocycles. The van der Waals surface area contributed by atoms with Gasteiger partial charge in [-0.2, -0.15) is 0 Å². The fourth-order valence-electron chi connectivity index (χ4n) is 0.749. The van der Waals surface area contributed by atoms with Gasteiger partial charge in [0.05, 0.1) is 21.3 Å². The smallest absolute Gasteiger partial charge is 0.0818 e. The molecule has 0 fully saturated rings. The Kier molecular flexibility index (Phi) is 2.36. The second-order valence-electron chi connectivity index (χ2n) is 3.10. The highest BCUT2D eigenvalue weighted by atomic mass is 16.3. The molecule has 9 heavy (non-hydrogen) atoms. The van der Waals surface area contributed by atoms with Crippen molar-refractivity contribution in [1.82, 2.24) is 0 Å². The van der Waals surface area contributed by atoms with E-state index >= 15 is 0 Å². The Labute approximate surface area is 58.6 Å². The summed E-state index contributed by atoms with van der Waals surface area (Å²) in [7, 11) is 10.4. The van der Waals surface area contributed by atoms with Crippen molar-refractivity contribution in [3.05, 3.63) is 0 Å². The lowest BCUT2D eigenvalue weighted by molar-refractivity contribution is 0.0669. The maximum absolute atomic E-state index is 9.11. The number of hydrogen-bond acceptors (Lipinski definition) is 2. The van der Waals surface area contributed by atoms with E-state index in [1.165, 1.54) is 0 Å². The molecule has 0 aromatic rings. The van der Waals surface area contributed by atoms with E-state index in [0.717, 1.165) is 0 Å². The van der Waals surface area contributed by atoms with Crippen LogP contribution in [0.2, 0.25) is 0 Å². The van der Waals surface area contributed by atoms with Gasteiger partial charge in [-0.05, 0) is 20.3 Å². The van der Waals surface area contributed by atoms with Crippen LogP contribution in [0.25, 0.3) is 0 Å². The highest BCUT2D eigenvalue weighted by Gasteiger charge is 2.21. The van der Waals surface area contributed by atoms with Crippen LogP contribution in [0.3, 0.4) is 0 Å². The molecule has 0 unspecified atom stereocenters. The lowest BCUT2D eigenvalue weighted by Gasteiger charge is -2.28. The predicted octanol–water partition coefficient (Wildman–Crippen LogP) is -0.903. The first kappa shape index (κ1) is 9.05. The van der Waals surface area contributed by atoms with Crippen molar-refractivity contribution in [3.63, 3.8) is 0 Å². The molecule has 0 rings (SSSR count). The van der Waals surface area contributed by atoms with E-state index in [0.29, 0.717) is 0 Å². The molecule has 0 saturated heterocycles. The third-order valence-electron chi connectivity index (χ3n) is 0.739. The van der Waals surface area contributed by atoms with Crippen LogP contribution in [0, 0.1) is 0 Å². The fourth-order valence-corrected chi connectivity index (χ4v) is 0.749. The normalized spacial score (nSPS) is 13.8. The molecule has 0 saturated carbocycles. The molecule has 3 N–H and O–H groups in total. The topological polar surface area (TPSA) is 46.2 Å². The molecule has 0 heterocycles. The van der Waals surface area contributed by atoms with Crippen molar-refractivity contribution in [3.8, 4) is 0 Å². The maximum atomic E-state index is 9.11. The standard InChI is InChI=1S/C5H11B2NO/c1-4(2,9)3-5(6,7)8/h9H,3,8H2,1-2H3. The predicted molar refractivity (Wildman–Crippen MR) is 39.3 cm³/mol. The second kappa shape index (κ2) is 2.35. The van der Waals surface area contributed by atoms with Crippen LogP contribution >= 0.6 is 0 Å². The maximum Gasteiger partial charge on any atom is 0.0818 e. The number of nitrogens with two attached hydrogens (primary N) is 1. The zero-order valence-corrected chi connectivity index (χ0v) is 5.89. The summed E-state index contributed by atoms with van der Waals surface area (Å²) >= 11 is 0. The summed E-state index contributed by atoms with van der Waals surface area (Å²) in [4.78, 5) is 0. The minimum atomic E-state index is -1.27. The van der Waals surface area contributed by atoms with Crippen molar-refractivity contribution in [2.24, 2.45) is 5.73 Å². The van der Waals surface area contributed by atoms with Gasteiger partial charge in [-0.1, -0.05) is 5.34 Å². The Bertz CT molecular complexity index is 80.1. The summed E-state index contributed by atoms with van der Waals surface area (Å²) in [6.45, 7) is 3.21. The Morgan fingerprint density at radius 3 is 1.78 bits per heavy atom. The first-order valence-electron chi connectivity index (χ1n) is 2.80. The van der Waals surface area contributed by atoms with Crippen LogP contribution in [0.4, 0.5) is 0 Å². The highest BCUT2D eigenvalue weighted by Crippen LogP contribution is 2.12. The third kappa shape index (κ3) is 8.05. The summed E-state index contributed by atoms with van der Waals surface area (Å²) in [5, 5.41) is 7.85. The van der Waals surface area contributed by atoms with Crippen LogP contribution in [0.5, 0.6) is 0 Å². The van der Waals surface area contributed by atoms with Crippen LogP contribution in [0.1, 0.15) is 20.3 Å². The van der Waals surface area contributed by atoms with Crippen LogP contribution in [-0.4, -0.2) is 31.7 Å². The molecule has 4 heteroatoms. The summed E-state index contributed by atoms with van der Waals surface area (Å²) in [5.74, 6) is 0. The zero-order valence-electron chi connectivity index (χ0n) is 5.89. The van der Waals surface area contributed by atoms with E-state index in [2.05, 4.69) is 0 Å². The summed E-state index contributed by atoms with van der Waals surface area (Å²) in [6, 6.07) is 0. The van der Waals surface area contributed by atoms with Crippen molar-refractivity contribution < 1.29 is 5.11 Å². The highest BCUT2D eigenvalue weighted by molar-refractivity contribution is 6.39. The molecule has 0 aliphatic carbocycles. The molecule has 0 bridgehead atoms. The van der Waals surface area contributed by atoms with Crippen molar-refractivity contribution >= 4 is 15.7 Å². The minimum absolute atomic E-state index is 0.181. The Balaban J connectivity index is 3.75. The largest absolute Gasteiger partial charge is 0.390 e. The molecule has 0 atom stereocenters. The van der Waals surface area contributed by atoms with Crippen LogP contribution < -0.4 is 5.73 Å². The minimum Gasteiger partial charge on any atom is -0.390 e. The lowest BCUT2D eigenvalue weighted by Crippen LogP contribution is -2.46. The van der Waals surface area contributed by atoms with Gasteiger partial charge in [0.15, 0.2) is 0 Å². The molecular weight excluding hydrogens is 112 g/mol. The summed E-state index contributed by atoms with van der Waals surface area (Å²) < 4.78 is 0. The Morgan fingerprint density at radius 2 is 1.78 bits per heavy atom. The van der Waals surface area contributed by atoms with Gasteiger partial charge >= 0.3 is 0 Å². The van der Waals surface area contributed by atoms with E-state index in [9.17, 15) is 0 Å². The number of rotatable bonds is 2. The van der Waals surface area contributed by atoms with Crippen molar-refractivity contribution in [2.45, 2.75) is 31.2 Å². The first-order valence-corrected chi connectivity index (χ1v) is 2.80.